The first kappa shape index (κ1) is 9.25. The Bertz CT molecular complexity index is 291. The predicted molar refractivity (Wildman–Crippen MR) is 65.3 cm³/mol. The summed E-state index contributed by atoms with van der Waals surface area (Å²) in [4.78, 5) is 0. The smallest absolute Gasteiger partial charge is 0.0219 e. The Morgan fingerprint density at radius 3 is 2.62 bits per heavy atom. The Morgan fingerprint density at radius 2 is 2.00 bits per heavy atom. The summed E-state index contributed by atoms with van der Waals surface area (Å²) in [6, 6.07) is 10.8. The molecule has 0 aromatic heterocycles. The number of rotatable bonds is 3. The molecule has 1 aromatic carbocycles. The van der Waals surface area contributed by atoms with Crippen LogP contribution in [0.4, 0.5) is 0 Å². The third-order valence-corrected chi connectivity index (χ3v) is 4.39. The van der Waals surface area contributed by atoms with Crippen molar-refractivity contribution in [2.75, 3.05) is 0 Å². The number of allylic oxidation sites excluding steroid dienone is 1. The average Bonchev–Trinajstić information content (AvgIpc) is 2.79. The highest BCUT2D eigenvalue weighted by Crippen LogP contribution is 2.55. The molecule has 1 aromatic rings. The van der Waals surface area contributed by atoms with E-state index in [4.69, 9.17) is 0 Å². The average molecular weight is 284 g/mol. The second kappa shape index (κ2) is 3.82. The van der Waals surface area contributed by atoms with Crippen LogP contribution in [0.5, 0.6) is 0 Å². The van der Waals surface area contributed by atoms with Gasteiger partial charge >= 0.3 is 0 Å². The number of hydrogen-bond acceptors (Lipinski definition) is 0. The van der Waals surface area contributed by atoms with E-state index in [1.807, 2.05) is 6.08 Å². The highest BCUT2D eigenvalue weighted by atomic mass is 127. The van der Waals surface area contributed by atoms with Gasteiger partial charge < -0.3 is 0 Å². The zero-order chi connectivity index (χ0) is 9.26. The van der Waals surface area contributed by atoms with E-state index in [0.29, 0.717) is 0 Å². The maximum absolute atomic E-state index is 3.80. The molecule has 1 saturated carbocycles. The van der Waals surface area contributed by atoms with Crippen molar-refractivity contribution in [2.45, 2.75) is 16.3 Å². The topological polar surface area (TPSA) is 0 Å². The summed E-state index contributed by atoms with van der Waals surface area (Å²) in [5.41, 5.74) is 1.49. The summed E-state index contributed by atoms with van der Waals surface area (Å²) in [5, 5.41) is 0. The first-order chi connectivity index (χ1) is 6.34. The summed E-state index contributed by atoms with van der Waals surface area (Å²) in [5.74, 6) is 1.61. The largest absolute Gasteiger partial charge is 0.103 e. The molecule has 0 saturated heterocycles. The third kappa shape index (κ3) is 1.80. The van der Waals surface area contributed by atoms with Gasteiger partial charge in [0.1, 0.15) is 0 Å². The van der Waals surface area contributed by atoms with Gasteiger partial charge in [-0.05, 0) is 17.9 Å². The van der Waals surface area contributed by atoms with Gasteiger partial charge in [0.15, 0.2) is 0 Å². The van der Waals surface area contributed by atoms with Crippen molar-refractivity contribution in [3.05, 3.63) is 48.6 Å². The van der Waals surface area contributed by atoms with Crippen LogP contribution in [0.15, 0.2) is 43.0 Å². The molecule has 0 aliphatic heterocycles. The van der Waals surface area contributed by atoms with Crippen LogP contribution in [0.2, 0.25) is 0 Å². The van der Waals surface area contributed by atoms with Gasteiger partial charge in [-0.25, -0.2) is 0 Å². The normalized spacial score (nSPS) is 31.3. The van der Waals surface area contributed by atoms with Crippen molar-refractivity contribution in [3.8, 4) is 0 Å². The first-order valence-corrected chi connectivity index (χ1v) is 5.89. The molecule has 0 spiro atoms. The van der Waals surface area contributed by atoms with Gasteiger partial charge in [0.05, 0.1) is 0 Å². The highest BCUT2D eigenvalue weighted by molar-refractivity contribution is 14.1. The van der Waals surface area contributed by atoms with Gasteiger partial charge in [-0.3, -0.25) is 0 Å². The Kier molecular flexibility index (Phi) is 2.72. The minimum atomic E-state index is 0.778. The summed E-state index contributed by atoms with van der Waals surface area (Å²) in [7, 11) is 0. The Morgan fingerprint density at radius 1 is 1.31 bits per heavy atom. The molecule has 13 heavy (non-hydrogen) atoms. The molecule has 68 valence electrons. The monoisotopic (exact) mass is 284 g/mol. The molecule has 1 fully saturated rings. The van der Waals surface area contributed by atoms with Crippen LogP contribution in [0, 0.1) is 5.92 Å². The molecular weight excluding hydrogens is 271 g/mol. The quantitative estimate of drug-likeness (QED) is 0.450. The van der Waals surface area contributed by atoms with Gasteiger partial charge in [-0.15, -0.1) is 6.58 Å². The van der Waals surface area contributed by atoms with Gasteiger partial charge in [0.2, 0.25) is 0 Å². The number of hydrogen-bond donors (Lipinski definition) is 0. The van der Waals surface area contributed by atoms with Crippen LogP contribution >= 0.6 is 22.6 Å². The maximum atomic E-state index is 3.80. The van der Waals surface area contributed by atoms with Crippen LogP contribution in [0.1, 0.15) is 17.9 Å². The Hall–Kier alpha value is -0.310. The third-order valence-electron chi connectivity index (χ3n) is 2.70. The van der Waals surface area contributed by atoms with E-state index in [1.165, 1.54) is 5.56 Å². The van der Waals surface area contributed by atoms with Crippen LogP contribution in [-0.2, 0) is 0 Å². The second-order valence-corrected chi connectivity index (χ2v) is 5.01. The Labute approximate surface area is 93.2 Å². The van der Waals surface area contributed by atoms with E-state index >= 15 is 0 Å². The van der Waals surface area contributed by atoms with E-state index in [1.54, 1.807) is 0 Å². The maximum Gasteiger partial charge on any atom is 0.0219 e. The minimum absolute atomic E-state index is 0.778. The van der Waals surface area contributed by atoms with Crippen LogP contribution < -0.4 is 0 Å². The summed E-state index contributed by atoms with van der Waals surface area (Å²) in [6.45, 7) is 3.80. The second-order valence-electron chi connectivity index (χ2n) is 3.57. The van der Waals surface area contributed by atoms with Crippen molar-refractivity contribution in [2.24, 2.45) is 5.92 Å². The lowest BCUT2D eigenvalue weighted by atomic mass is 10.1. The molecule has 0 N–H and O–H groups in total. The minimum Gasteiger partial charge on any atom is -0.103 e. The van der Waals surface area contributed by atoms with Gasteiger partial charge in [-0.2, -0.15) is 0 Å². The first-order valence-electron chi connectivity index (χ1n) is 4.64. The van der Waals surface area contributed by atoms with Gasteiger partial charge in [-0.1, -0.05) is 59.0 Å². The van der Waals surface area contributed by atoms with Crippen LogP contribution in [0.25, 0.3) is 0 Å². The van der Waals surface area contributed by atoms with Crippen LogP contribution in [-0.4, -0.2) is 3.92 Å². The molecule has 0 heterocycles. The summed E-state index contributed by atoms with van der Waals surface area (Å²) >= 11 is 2.56. The molecule has 1 heteroatoms. The lowest BCUT2D eigenvalue weighted by Gasteiger charge is -1.96. The molecule has 0 nitrogen and oxygen atoms in total. The zero-order valence-corrected chi connectivity index (χ0v) is 9.65. The van der Waals surface area contributed by atoms with Crippen LogP contribution in [0.3, 0.4) is 0 Å². The predicted octanol–water partition coefficient (Wildman–Crippen LogP) is 3.78. The van der Waals surface area contributed by atoms with E-state index in [9.17, 15) is 0 Å². The molecule has 3 atom stereocenters. The summed E-state index contributed by atoms with van der Waals surface area (Å²) < 4.78 is 0.818. The lowest BCUT2D eigenvalue weighted by Crippen LogP contribution is -1.81. The molecule has 0 amide bonds. The molecule has 2 rings (SSSR count). The summed E-state index contributed by atoms with van der Waals surface area (Å²) in [6.07, 6.45) is 3.20. The molecule has 1 unspecified atom stereocenters. The fraction of sp³-hybridized carbons (Fsp3) is 0.333. The van der Waals surface area contributed by atoms with Gasteiger partial charge in [0.25, 0.3) is 0 Å². The van der Waals surface area contributed by atoms with Crippen molar-refractivity contribution in [1.82, 2.24) is 0 Å². The fourth-order valence-corrected chi connectivity index (χ4v) is 3.36. The fourth-order valence-electron chi connectivity index (χ4n) is 1.91. The van der Waals surface area contributed by atoms with E-state index in [0.717, 1.165) is 22.2 Å². The van der Waals surface area contributed by atoms with E-state index < -0.39 is 0 Å². The molecule has 0 radical (unpaired) electrons. The van der Waals surface area contributed by atoms with E-state index in [-0.39, 0.29) is 0 Å². The van der Waals surface area contributed by atoms with Crippen molar-refractivity contribution < 1.29 is 0 Å². The van der Waals surface area contributed by atoms with Crippen molar-refractivity contribution in [1.29, 1.82) is 0 Å². The van der Waals surface area contributed by atoms with Gasteiger partial charge in [0, 0.05) is 9.84 Å². The molecular formula is C12H13I. The number of alkyl halides is 1. The SMILES string of the molecule is C=CCC1[C@@H](I)[C@@H]1c1ccccc1. The lowest BCUT2D eigenvalue weighted by molar-refractivity contribution is 0.824. The number of benzene rings is 1. The molecule has 0 bridgehead atoms. The number of halogens is 1. The Balaban J connectivity index is 2.09. The molecule has 1 aliphatic rings. The zero-order valence-electron chi connectivity index (χ0n) is 7.49. The van der Waals surface area contributed by atoms with E-state index in [2.05, 4.69) is 59.5 Å². The standard InChI is InChI=1S/C12H13I/c1-2-6-10-11(12(10)13)9-7-4-3-5-8-9/h2-5,7-8,10-12H,1,6H2/t10?,11-,12-/m1/s1. The highest BCUT2D eigenvalue weighted by Gasteiger charge is 2.47. The van der Waals surface area contributed by atoms with Crippen molar-refractivity contribution >= 4 is 22.6 Å². The molecule has 1 aliphatic carbocycles. The van der Waals surface area contributed by atoms with Crippen molar-refractivity contribution in [3.63, 3.8) is 0 Å².